The molecule has 2 unspecified atom stereocenters. The monoisotopic (exact) mass is 372 g/mol. The van der Waals surface area contributed by atoms with Gasteiger partial charge in [0.1, 0.15) is 6.04 Å². The lowest BCUT2D eigenvalue weighted by atomic mass is 10.0. The first-order valence-corrected chi connectivity index (χ1v) is 8.93. The minimum Gasteiger partial charge on any atom is -0.352 e. The molecule has 0 aliphatic carbocycles. The maximum absolute atomic E-state index is 12.5. The van der Waals surface area contributed by atoms with E-state index in [4.69, 9.17) is 23.2 Å². The summed E-state index contributed by atoms with van der Waals surface area (Å²) >= 11 is 11.9. The summed E-state index contributed by atoms with van der Waals surface area (Å²) in [5.41, 5.74) is 0.305. The van der Waals surface area contributed by atoms with E-state index in [1.54, 1.807) is 12.1 Å². The van der Waals surface area contributed by atoms with Gasteiger partial charge in [0.2, 0.25) is 5.91 Å². The van der Waals surface area contributed by atoms with Crippen LogP contribution in [0.5, 0.6) is 0 Å². The van der Waals surface area contributed by atoms with E-state index in [0.717, 1.165) is 0 Å². The molecule has 0 spiro atoms. The molecular formula is C18H26Cl2N2O2. The number of carbonyl (C=O) groups excluding carboxylic acids is 2. The van der Waals surface area contributed by atoms with Crippen molar-refractivity contribution in [3.05, 3.63) is 33.8 Å². The number of carbonyl (C=O) groups is 2. The molecule has 2 atom stereocenters. The highest BCUT2D eigenvalue weighted by Gasteiger charge is 2.25. The first-order valence-electron chi connectivity index (χ1n) is 8.18. The Bertz CT molecular complexity index is 588. The molecule has 0 saturated carbocycles. The summed E-state index contributed by atoms with van der Waals surface area (Å²) in [7, 11) is 0. The molecule has 0 heterocycles. The van der Waals surface area contributed by atoms with Crippen LogP contribution in [0.2, 0.25) is 10.0 Å². The van der Waals surface area contributed by atoms with Crippen molar-refractivity contribution in [2.45, 2.75) is 53.1 Å². The molecule has 0 radical (unpaired) electrons. The summed E-state index contributed by atoms with van der Waals surface area (Å²) in [6.07, 6.45) is 0.549. The van der Waals surface area contributed by atoms with Crippen LogP contribution in [0, 0.1) is 11.8 Å². The van der Waals surface area contributed by atoms with Crippen molar-refractivity contribution in [2.75, 3.05) is 0 Å². The van der Waals surface area contributed by atoms with Gasteiger partial charge in [-0.25, -0.2) is 0 Å². The molecule has 0 bridgehead atoms. The molecule has 6 heteroatoms. The number of nitrogens with one attached hydrogen (secondary N) is 2. The number of amides is 2. The number of halogens is 2. The molecule has 0 fully saturated rings. The Balaban J connectivity index is 2.88. The lowest BCUT2D eigenvalue weighted by Crippen LogP contribution is -2.50. The minimum absolute atomic E-state index is 0.0307. The average molecular weight is 373 g/mol. The predicted octanol–water partition coefficient (Wildman–Crippen LogP) is 4.30. The summed E-state index contributed by atoms with van der Waals surface area (Å²) < 4.78 is 0. The van der Waals surface area contributed by atoms with Gasteiger partial charge in [0.25, 0.3) is 5.91 Å². The van der Waals surface area contributed by atoms with Gasteiger partial charge in [0, 0.05) is 11.1 Å². The van der Waals surface area contributed by atoms with Gasteiger partial charge in [0.05, 0.1) is 10.6 Å². The second-order valence-electron chi connectivity index (χ2n) is 6.82. The van der Waals surface area contributed by atoms with Gasteiger partial charge in [-0.3, -0.25) is 9.59 Å². The molecule has 0 aromatic heterocycles. The third-order valence-corrected chi connectivity index (χ3v) is 4.42. The largest absolute Gasteiger partial charge is 0.352 e. The normalized spacial score (nSPS) is 13.7. The van der Waals surface area contributed by atoms with Crippen molar-refractivity contribution >= 4 is 35.0 Å². The van der Waals surface area contributed by atoms with E-state index >= 15 is 0 Å². The van der Waals surface area contributed by atoms with Crippen LogP contribution in [0.25, 0.3) is 0 Å². The minimum atomic E-state index is -0.606. The Kier molecular flexibility index (Phi) is 8.04. The lowest BCUT2D eigenvalue weighted by Gasteiger charge is -2.24. The third kappa shape index (κ3) is 6.33. The van der Waals surface area contributed by atoms with Crippen molar-refractivity contribution in [1.82, 2.24) is 10.6 Å². The summed E-state index contributed by atoms with van der Waals surface area (Å²) in [6, 6.07) is 4.09. The van der Waals surface area contributed by atoms with Crippen LogP contribution < -0.4 is 10.6 Å². The topological polar surface area (TPSA) is 58.2 Å². The van der Waals surface area contributed by atoms with Crippen LogP contribution in [-0.2, 0) is 4.79 Å². The van der Waals surface area contributed by atoms with Crippen LogP contribution in [0.4, 0.5) is 0 Å². The Morgan fingerprint density at radius 3 is 2.17 bits per heavy atom. The SMILES string of the molecule is CC(C)CC(NC(=O)c1ccc(Cl)cc1Cl)C(=O)NC(C)C(C)C. The van der Waals surface area contributed by atoms with Gasteiger partial charge in [0.15, 0.2) is 0 Å². The molecule has 2 amide bonds. The molecule has 2 N–H and O–H groups in total. The van der Waals surface area contributed by atoms with Crippen molar-refractivity contribution in [2.24, 2.45) is 11.8 Å². The number of hydrogen-bond acceptors (Lipinski definition) is 2. The molecule has 4 nitrogen and oxygen atoms in total. The van der Waals surface area contributed by atoms with E-state index in [1.807, 2.05) is 34.6 Å². The highest BCUT2D eigenvalue weighted by Crippen LogP contribution is 2.21. The summed E-state index contributed by atoms with van der Waals surface area (Å²) in [5.74, 6) is 0.0177. The number of hydrogen-bond donors (Lipinski definition) is 2. The first kappa shape index (κ1) is 20.8. The highest BCUT2D eigenvalue weighted by molar-refractivity contribution is 6.36. The zero-order chi connectivity index (χ0) is 18.4. The molecular weight excluding hydrogens is 347 g/mol. The van der Waals surface area contributed by atoms with Gasteiger partial charge in [-0.1, -0.05) is 50.9 Å². The first-order chi connectivity index (χ1) is 11.1. The smallest absolute Gasteiger partial charge is 0.253 e. The van der Waals surface area contributed by atoms with Crippen LogP contribution in [0.15, 0.2) is 18.2 Å². The van der Waals surface area contributed by atoms with E-state index < -0.39 is 6.04 Å². The fraction of sp³-hybridized carbons (Fsp3) is 0.556. The Morgan fingerprint density at radius 2 is 1.67 bits per heavy atom. The van der Waals surface area contributed by atoms with Crippen LogP contribution >= 0.6 is 23.2 Å². The van der Waals surface area contributed by atoms with Gasteiger partial charge in [-0.15, -0.1) is 0 Å². The summed E-state index contributed by atoms with van der Waals surface area (Å²) in [5, 5.41) is 6.47. The molecule has 1 aromatic carbocycles. The van der Waals surface area contributed by atoms with E-state index in [0.29, 0.717) is 22.9 Å². The van der Waals surface area contributed by atoms with E-state index in [2.05, 4.69) is 10.6 Å². The zero-order valence-electron chi connectivity index (χ0n) is 14.8. The second kappa shape index (κ2) is 9.28. The van der Waals surface area contributed by atoms with Gasteiger partial charge >= 0.3 is 0 Å². The van der Waals surface area contributed by atoms with Crippen molar-refractivity contribution in [3.63, 3.8) is 0 Å². The van der Waals surface area contributed by atoms with E-state index in [-0.39, 0.29) is 28.8 Å². The fourth-order valence-electron chi connectivity index (χ4n) is 2.10. The number of rotatable bonds is 7. The van der Waals surface area contributed by atoms with Gasteiger partial charge in [-0.2, -0.15) is 0 Å². The molecule has 0 aliphatic heterocycles. The second-order valence-corrected chi connectivity index (χ2v) is 7.66. The molecule has 134 valence electrons. The molecule has 1 rings (SSSR count). The van der Waals surface area contributed by atoms with Crippen molar-refractivity contribution in [1.29, 1.82) is 0 Å². The zero-order valence-corrected chi connectivity index (χ0v) is 16.3. The van der Waals surface area contributed by atoms with Crippen LogP contribution in [0.3, 0.4) is 0 Å². The Hall–Kier alpha value is -1.26. The average Bonchev–Trinajstić information content (AvgIpc) is 2.45. The Morgan fingerprint density at radius 1 is 1.04 bits per heavy atom. The summed E-state index contributed by atoms with van der Waals surface area (Å²) in [4.78, 5) is 25.0. The van der Waals surface area contributed by atoms with E-state index in [9.17, 15) is 9.59 Å². The van der Waals surface area contributed by atoms with Crippen LogP contribution in [-0.4, -0.2) is 23.9 Å². The molecule has 0 saturated heterocycles. The number of benzene rings is 1. The maximum atomic E-state index is 12.5. The third-order valence-electron chi connectivity index (χ3n) is 3.87. The highest BCUT2D eigenvalue weighted by atomic mass is 35.5. The van der Waals surface area contributed by atoms with E-state index in [1.165, 1.54) is 6.07 Å². The molecule has 24 heavy (non-hydrogen) atoms. The quantitative estimate of drug-likeness (QED) is 0.749. The van der Waals surface area contributed by atoms with Crippen molar-refractivity contribution < 1.29 is 9.59 Å². The molecule has 1 aromatic rings. The Labute approximate surface area is 154 Å². The van der Waals surface area contributed by atoms with Gasteiger partial charge in [-0.05, 0) is 43.4 Å². The molecule has 0 aliphatic rings. The predicted molar refractivity (Wildman–Crippen MR) is 99.6 cm³/mol. The lowest BCUT2D eigenvalue weighted by molar-refractivity contribution is -0.124. The van der Waals surface area contributed by atoms with Crippen molar-refractivity contribution in [3.8, 4) is 0 Å². The van der Waals surface area contributed by atoms with Crippen LogP contribution in [0.1, 0.15) is 51.4 Å². The standard InChI is InChI=1S/C18H26Cl2N2O2/c1-10(2)8-16(18(24)21-12(5)11(3)4)22-17(23)14-7-6-13(19)9-15(14)20/h6-7,9-12,16H,8H2,1-5H3,(H,21,24)(H,22,23). The van der Waals surface area contributed by atoms with Gasteiger partial charge < -0.3 is 10.6 Å². The fourth-order valence-corrected chi connectivity index (χ4v) is 2.60. The summed E-state index contributed by atoms with van der Waals surface area (Å²) in [6.45, 7) is 10.0. The maximum Gasteiger partial charge on any atom is 0.253 e.